The van der Waals surface area contributed by atoms with Gasteiger partial charge in [-0.3, -0.25) is 21.3 Å². The summed E-state index contributed by atoms with van der Waals surface area (Å²) in [5.41, 5.74) is 4.87. The molecule has 0 saturated heterocycles. The van der Waals surface area contributed by atoms with E-state index in [1.807, 2.05) is 98.8 Å². The zero-order chi connectivity index (χ0) is 50.1. The number of carbonyl (C=O) groups excluding carboxylic acids is 2. The van der Waals surface area contributed by atoms with Gasteiger partial charge < -0.3 is 38.3 Å². The molecular formula is C48H73Br3N2O10S3. The smallest absolute Gasteiger partial charge is 0.185 e. The Kier molecular flexibility index (Phi) is 53.6. The minimum Gasteiger partial charge on any atom is -0.508 e. The molecule has 0 unspecified atom stereocenters. The number of thiol groups is 2. The van der Waals surface area contributed by atoms with E-state index in [1.165, 1.54) is 40.9 Å². The van der Waals surface area contributed by atoms with Crippen molar-refractivity contribution in [3.8, 4) is 23.0 Å². The Morgan fingerprint density at radius 1 is 0.500 bits per heavy atom. The van der Waals surface area contributed by atoms with Crippen LogP contribution in [0.5, 0.6) is 23.0 Å². The number of aryl methyl sites for hydroxylation is 4. The minimum atomic E-state index is -0.139. The van der Waals surface area contributed by atoms with E-state index in [9.17, 15) is 9.59 Å². The molecule has 0 bridgehead atoms. The zero-order valence-electron chi connectivity index (χ0n) is 39.3. The molecule has 0 saturated carbocycles. The number of nitrogens with two attached hydrogens (primary N) is 2. The van der Waals surface area contributed by atoms with Crippen LogP contribution >= 0.6 is 84.8 Å². The van der Waals surface area contributed by atoms with Crippen LogP contribution < -0.4 is 25.9 Å². The Balaban J connectivity index is -0.000000749. The normalized spacial score (nSPS) is 9.53. The fraction of sp³-hybridized carbons (Fsp3) is 0.458. The summed E-state index contributed by atoms with van der Waals surface area (Å²) < 4.78 is 37.3. The van der Waals surface area contributed by atoms with Crippen LogP contribution in [0.2, 0.25) is 0 Å². The van der Waals surface area contributed by atoms with E-state index >= 15 is 0 Å². The Bertz CT molecular complexity index is 1570. The molecule has 0 fully saturated rings. The van der Waals surface area contributed by atoms with Gasteiger partial charge in [0.1, 0.15) is 42.8 Å². The monoisotopic (exact) mass is 1170 g/mol. The third-order valence-electron chi connectivity index (χ3n) is 7.02. The van der Waals surface area contributed by atoms with Gasteiger partial charge in [-0.2, -0.15) is 12.6 Å². The molecule has 0 aromatic heterocycles. The molecule has 18 heteroatoms. The van der Waals surface area contributed by atoms with E-state index in [0.29, 0.717) is 64.4 Å². The Labute approximate surface area is 435 Å². The van der Waals surface area contributed by atoms with Gasteiger partial charge in [0.05, 0.1) is 52.9 Å². The predicted molar refractivity (Wildman–Crippen MR) is 293 cm³/mol. The lowest BCUT2D eigenvalue weighted by atomic mass is 10.2. The van der Waals surface area contributed by atoms with Gasteiger partial charge in [0.15, 0.2) is 10.2 Å². The summed E-state index contributed by atoms with van der Waals surface area (Å²) in [5.74, 6) is 12.4. The van der Waals surface area contributed by atoms with Crippen LogP contribution in [0.1, 0.15) is 36.1 Å². The van der Waals surface area contributed by atoms with Gasteiger partial charge in [0, 0.05) is 41.3 Å². The number of hydrogen-bond acceptors (Lipinski definition) is 14. The van der Waals surface area contributed by atoms with E-state index in [-0.39, 0.29) is 10.2 Å². The van der Waals surface area contributed by atoms with Crippen molar-refractivity contribution in [2.75, 3.05) is 100 Å². The van der Waals surface area contributed by atoms with Gasteiger partial charge in [-0.1, -0.05) is 130 Å². The quantitative estimate of drug-likeness (QED) is 0.0156. The number of carbonyl (C=O) groups is 2. The molecule has 4 aromatic rings. The Hall–Kier alpha value is -2.33. The van der Waals surface area contributed by atoms with Crippen LogP contribution in [0, 0.1) is 27.7 Å². The molecule has 0 aliphatic rings. The lowest BCUT2D eigenvalue weighted by Crippen LogP contribution is -2.08. The average Bonchev–Trinajstić information content (AvgIpc) is 3.30. The standard InChI is InChI=1S/C13H18O3S.C11H15BrO2.C11H16O2S.C7H8O.C4H8Br2O.C2H4OS.H4N2/c1-11-3-5-13(6-4-11)16-8-7-15-9-10-17-12(2)14;1-10-2-4-11(5-3-10)14-9-8-13-7-6-12;1-10-2-4-11(5-3-10)13-7-6-12-8-9-14;1-6-2-4-7(8)5-3-6;5-1-3-7-4-2-6;1-2(3)4;1-2/h3-6H,7-10H2,1-2H3;2-5H,6-9H2,1H3;2-5,14H,6-9H2,1H3;2-5,8H,1H3;1-4H2;1H3,(H,3,4);1-2H2. The third kappa shape index (κ3) is 52.6. The van der Waals surface area contributed by atoms with E-state index < -0.39 is 0 Å². The summed E-state index contributed by atoms with van der Waals surface area (Å²) in [7, 11) is 0. The fourth-order valence-electron chi connectivity index (χ4n) is 3.98. The maximum atomic E-state index is 10.6. The first-order valence-electron chi connectivity index (χ1n) is 20.9. The first-order chi connectivity index (χ1) is 31.8. The molecule has 0 atom stereocenters. The van der Waals surface area contributed by atoms with Crippen molar-refractivity contribution in [3.63, 3.8) is 0 Å². The van der Waals surface area contributed by atoms with Crippen molar-refractivity contribution in [1.82, 2.24) is 0 Å². The van der Waals surface area contributed by atoms with Crippen molar-refractivity contribution in [1.29, 1.82) is 0 Å². The number of rotatable bonds is 23. The summed E-state index contributed by atoms with van der Waals surface area (Å²) in [4.78, 5) is 19.9. The van der Waals surface area contributed by atoms with Gasteiger partial charge in [0.25, 0.3) is 0 Å². The number of phenols is 1. The number of halogens is 3. The second-order valence-electron chi connectivity index (χ2n) is 12.9. The van der Waals surface area contributed by atoms with Crippen molar-refractivity contribution >= 4 is 95.0 Å². The highest BCUT2D eigenvalue weighted by Crippen LogP contribution is 2.13. The minimum absolute atomic E-state index is 0.129. The van der Waals surface area contributed by atoms with E-state index in [2.05, 4.69) is 98.6 Å². The first-order valence-corrected chi connectivity index (χ1v) is 26.3. The number of alkyl halides is 3. The average molecular weight is 1170 g/mol. The van der Waals surface area contributed by atoms with E-state index in [4.69, 9.17) is 38.3 Å². The second kappa shape index (κ2) is 52.0. The number of ether oxygens (including phenoxy) is 7. The molecule has 4 rings (SSSR count). The lowest BCUT2D eigenvalue weighted by Gasteiger charge is -2.06. The van der Waals surface area contributed by atoms with Crippen molar-refractivity contribution in [2.45, 2.75) is 41.5 Å². The highest BCUT2D eigenvalue weighted by Gasteiger charge is 1.97. The largest absolute Gasteiger partial charge is 0.508 e. The van der Waals surface area contributed by atoms with Crippen molar-refractivity contribution in [3.05, 3.63) is 119 Å². The number of hydrogen-bond donors (Lipinski definition) is 5. The van der Waals surface area contributed by atoms with Gasteiger partial charge in [-0.25, -0.2) is 0 Å². The molecule has 4 aromatic carbocycles. The Morgan fingerprint density at radius 2 is 0.773 bits per heavy atom. The lowest BCUT2D eigenvalue weighted by molar-refractivity contribution is -0.109. The second-order valence-corrected chi connectivity index (χ2v) is 17.6. The predicted octanol–water partition coefficient (Wildman–Crippen LogP) is 10.6. The number of benzene rings is 4. The van der Waals surface area contributed by atoms with E-state index in [0.717, 1.165) is 58.8 Å². The van der Waals surface area contributed by atoms with Crippen LogP contribution in [0.4, 0.5) is 0 Å². The van der Waals surface area contributed by atoms with Gasteiger partial charge in [-0.15, -0.1) is 12.6 Å². The van der Waals surface area contributed by atoms with Crippen LogP contribution in [-0.4, -0.2) is 116 Å². The first kappa shape index (κ1) is 67.9. The molecular weight excluding hydrogens is 1100 g/mol. The zero-order valence-corrected chi connectivity index (χ0v) is 46.6. The summed E-state index contributed by atoms with van der Waals surface area (Å²) in [6.07, 6.45) is 0. The van der Waals surface area contributed by atoms with Crippen molar-refractivity contribution in [2.24, 2.45) is 11.7 Å². The van der Waals surface area contributed by atoms with Gasteiger partial charge in [-0.05, 0) is 76.2 Å². The molecule has 0 spiro atoms. The number of hydrazine groups is 1. The summed E-state index contributed by atoms with van der Waals surface area (Å²) in [5, 5.41) is 11.5. The molecule has 0 amide bonds. The van der Waals surface area contributed by atoms with Crippen molar-refractivity contribution < 1.29 is 47.9 Å². The molecule has 5 N–H and O–H groups in total. The van der Waals surface area contributed by atoms with E-state index in [1.54, 1.807) is 19.1 Å². The molecule has 0 aliphatic carbocycles. The summed E-state index contributed by atoms with van der Waals surface area (Å²) in [6, 6.07) is 31.0. The summed E-state index contributed by atoms with van der Waals surface area (Å²) in [6.45, 7) is 18.3. The summed E-state index contributed by atoms with van der Waals surface area (Å²) >= 11 is 18.4. The molecule has 0 aliphatic heterocycles. The van der Waals surface area contributed by atoms with Gasteiger partial charge >= 0.3 is 0 Å². The topological polar surface area (TPSA) is 171 Å². The fourth-order valence-corrected chi connectivity index (χ4v) is 5.29. The molecule has 66 heavy (non-hydrogen) atoms. The molecule has 0 heterocycles. The van der Waals surface area contributed by atoms with Crippen LogP contribution in [0.3, 0.4) is 0 Å². The highest BCUT2D eigenvalue weighted by molar-refractivity contribution is 9.09. The van der Waals surface area contributed by atoms with Crippen LogP contribution in [-0.2, 0) is 28.5 Å². The van der Waals surface area contributed by atoms with Gasteiger partial charge in [0.2, 0.25) is 0 Å². The molecule has 374 valence electrons. The SMILES string of the molecule is BrCCOCCBr.CC(=O)S.CC(=O)SCCOCCOc1ccc(C)cc1.Cc1ccc(O)cc1.Cc1ccc(OCCOCCBr)cc1.Cc1ccc(OCCOCCS)cc1.NN. The highest BCUT2D eigenvalue weighted by atomic mass is 79.9. The number of phenolic OH excluding ortho intramolecular Hbond substituents is 1. The molecule has 12 nitrogen and oxygen atoms in total. The van der Waals surface area contributed by atoms with Crippen LogP contribution in [0.25, 0.3) is 0 Å². The molecule has 0 radical (unpaired) electrons. The maximum absolute atomic E-state index is 10.6. The number of thioether (sulfide) groups is 1. The number of aromatic hydroxyl groups is 1. The maximum Gasteiger partial charge on any atom is 0.185 e. The van der Waals surface area contributed by atoms with Crippen LogP contribution in [0.15, 0.2) is 97.1 Å². The third-order valence-corrected chi connectivity index (χ3v) is 8.95. The Morgan fingerprint density at radius 3 is 1.05 bits per heavy atom.